The molecule has 2 heterocycles. The lowest BCUT2D eigenvalue weighted by molar-refractivity contribution is 0.122. The van der Waals surface area contributed by atoms with Crippen molar-refractivity contribution >= 4 is 11.4 Å². The minimum absolute atomic E-state index is 0.138. The van der Waals surface area contributed by atoms with Crippen molar-refractivity contribution < 1.29 is 13.9 Å². The first-order valence-electron chi connectivity index (χ1n) is 8.44. The van der Waals surface area contributed by atoms with Crippen molar-refractivity contribution in [2.45, 2.75) is 33.3 Å². The Labute approximate surface area is 138 Å². The Bertz CT molecular complexity index is 530. The van der Waals surface area contributed by atoms with Crippen LogP contribution in [-0.4, -0.2) is 39.0 Å². The zero-order valence-electron chi connectivity index (χ0n) is 14.3. The van der Waals surface area contributed by atoms with E-state index in [4.69, 9.17) is 9.47 Å². The largest absolute Gasteiger partial charge is 0.474 e. The molecule has 0 radical (unpaired) electrons. The standard InChI is InChI=1S/C16H21FN2O2.C2H6/c1-3-14-11-19(12(2)21-14)13-4-5-16(15(17)10-13)18-6-8-20-9-7-18;1-2/h4-5,10,14H,2-3,6-9,11H2,1H3;1-2H3. The number of halogens is 1. The molecule has 2 fully saturated rings. The van der Waals surface area contributed by atoms with Gasteiger partial charge in [0, 0.05) is 18.8 Å². The lowest BCUT2D eigenvalue weighted by atomic mass is 10.2. The van der Waals surface area contributed by atoms with Gasteiger partial charge in [-0.05, 0) is 31.2 Å². The number of nitrogens with zero attached hydrogens (tertiary/aromatic N) is 2. The van der Waals surface area contributed by atoms with Gasteiger partial charge in [-0.1, -0.05) is 20.8 Å². The summed E-state index contributed by atoms with van der Waals surface area (Å²) in [5.41, 5.74) is 1.44. The van der Waals surface area contributed by atoms with Crippen LogP contribution in [0.25, 0.3) is 0 Å². The fourth-order valence-electron chi connectivity index (χ4n) is 2.78. The molecule has 5 heteroatoms. The topological polar surface area (TPSA) is 24.9 Å². The number of rotatable bonds is 3. The highest BCUT2D eigenvalue weighted by molar-refractivity contribution is 5.60. The third-order valence-electron chi connectivity index (χ3n) is 4.04. The van der Waals surface area contributed by atoms with Gasteiger partial charge in [0.1, 0.15) is 11.9 Å². The average molecular weight is 322 g/mol. The molecule has 128 valence electrons. The zero-order chi connectivity index (χ0) is 16.8. The Morgan fingerprint density at radius 1 is 1.26 bits per heavy atom. The van der Waals surface area contributed by atoms with Gasteiger partial charge in [0.05, 0.1) is 25.4 Å². The SMILES string of the molecule is C=C1OC(CC)CN1c1ccc(N2CCOCC2)c(F)c1.CC. The van der Waals surface area contributed by atoms with E-state index >= 15 is 0 Å². The van der Waals surface area contributed by atoms with Crippen LogP contribution in [0.2, 0.25) is 0 Å². The highest BCUT2D eigenvalue weighted by atomic mass is 19.1. The summed E-state index contributed by atoms with van der Waals surface area (Å²) >= 11 is 0. The average Bonchev–Trinajstić information content (AvgIpc) is 2.98. The van der Waals surface area contributed by atoms with Crippen LogP contribution in [0.5, 0.6) is 0 Å². The molecule has 1 atom stereocenters. The smallest absolute Gasteiger partial charge is 0.186 e. The van der Waals surface area contributed by atoms with Crippen LogP contribution in [0, 0.1) is 5.82 Å². The molecule has 0 saturated carbocycles. The fourth-order valence-corrected chi connectivity index (χ4v) is 2.78. The molecule has 1 aromatic rings. The molecule has 3 rings (SSSR count). The van der Waals surface area contributed by atoms with E-state index in [2.05, 4.69) is 13.5 Å². The van der Waals surface area contributed by atoms with Crippen molar-refractivity contribution in [3.05, 3.63) is 36.5 Å². The quantitative estimate of drug-likeness (QED) is 0.845. The van der Waals surface area contributed by atoms with Gasteiger partial charge in [-0.15, -0.1) is 0 Å². The summed E-state index contributed by atoms with van der Waals surface area (Å²) in [7, 11) is 0. The maximum absolute atomic E-state index is 14.4. The lowest BCUT2D eigenvalue weighted by Crippen LogP contribution is -2.36. The molecule has 1 unspecified atom stereocenters. The van der Waals surface area contributed by atoms with Gasteiger partial charge in [-0.3, -0.25) is 0 Å². The molecule has 2 saturated heterocycles. The number of hydrogen-bond donors (Lipinski definition) is 0. The summed E-state index contributed by atoms with van der Waals surface area (Å²) in [6.07, 6.45) is 1.06. The van der Waals surface area contributed by atoms with Crippen LogP contribution in [0.15, 0.2) is 30.7 Å². The Morgan fingerprint density at radius 3 is 2.52 bits per heavy atom. The highest BCUT2D eigenvalue weighted by Gasteiger charge is 2.27. The van der Waals surface area contributed by atoms with Crippen molar-refractivity contribution in [2.24, 2.45) is 0 Å². The predicted octanol–water partition coefficient (Wildman–Crippen LogP) is 3.77. The Kier molecular flexibility index (Phi) is 6.28. The van der Waals surface area contributed by atoms with Crippen LogP contribution < -0.4 is 9.80 Å². The van der Waals surface area contributed by atoms with Crippen LogP contribution >= 0.6 is 0 Å². The van der Waals surface area contributed by atoms with E-state index in [1.165, 1.54) is 0 Å². The van der Waals surface area contributed by atoms with Crippen molar-refractivity contribution in [1.82, 2.24) is 0 Å². The summed E-state index contributed by atoms with van der Waals surface area (Å²) in [5, 5.41) is 0. The zero-order valence-corrected chi connectivity index (χ0v) is 14.3. The number of benzene rings is 1. The van der Waals surface area contributed by atoms with E-state index in [9.17, 15) is 4.39 Å². The van der Waals surface area contributed by atoms with E-state index in [0.29, 0.717) is 24.8 Å². The second-order valence-corrected chi connectivity index (χ2v) is 5.39. The maximum Gasteiger partial charge on any atom is 0.186 e. The maximum atomic E-state index is 14.4. The summed E-state index contributed by atoms with van der Waals surface area (Å²) in [5.74, 6) is 0.391. The summed E-state index contributed by atoms with van der Waals surface area (Å²) < 4.78 is 25.4. The second kappa shape index (κ2) is 8.20. The molecule has 1 aromatic carbocycles. The number of hydrogen-bond acceptors (Lipinski definition) is 4. The summed E-state index contributed by atoms with van der Waals surface area (Å²) in [4.78, 5) is 3.95. The fraction of sp³-hybridized carbons (Fsp3) is 0.556. The molecule has 23 heavy (non-hydrogen) atoms. The second-order valence-electron chi connectivity index (χ2n) is 5.39. The van der Waals surface area contributed by atoms with Gasteiger partial charge in [0.2, 0.25) is 0 Å². The molecule has 0 spiro atoms. The van der Waals surface area contributed by atoms with E-state index in [0.717, 1.165) is 31.7 Å². The molecule has 0 aromatic heterocycles. The Morgan fingerprint density at radius 2 is 1.96 bits per heavy atom. The van der Waals surface area contributed by atoms with Crippen molar-refractivity contribution in [3.8, 4) is 0 Å². The molecular weight excluding hydrogens is 295 g/mol. The molecule has 0 bridgehead atoms. The van der Waals surface area contributed by atoms with Gasteiger partial charge >= 0.3 is 0 Å². The van der Waals surface area contributed by atoms with E-state index in [1.54, 1.807) is 6.07 Å². The predicted molar refractivity (Wildman–Crippen MR) is 92.4 cm³/mol. The van der Waals surface area contributed by atoms with Crippen LogP contribution in [0.4, 0.5) is 15.8 Å². The van der Waals surface area contributed by atoms with Crippen molar-refractivity contribution in [1.29, 1.82) is 0 Å². The number of anilines is 2. The van der Waals surface area contributed by atoms with Crippen LogP contribution in [0.1, 0.15) is 27.2 Å². The Balaban J connectivity index is 0.000000924. The Hall–Kier alpha value is -1.75. The number of morpholine rings is 1. The minimum Gasteiger partial charge on any atom is -0.474 e. The van der Waals surface area contributed by atoms with E-state index in [1.807, 2.05) is 35.8 Å². The molecular formula is C18H27FN2O2. The normalized spacial score (nSPS) is 20.9. The first-order chi connectivity index (χ1) is 11.2. The van der Waals surface area contributed by atoms with Gasteiger partial charge in [0.25, 0.3) is 0 Å². The summed E-state index contributed by atoms with van der Waals surface area (Å²) in [6.45, 7) is 13.5. The third kappa shape index (κ3) is 3.96. The summed E-state index contributed by atoms with van der Waals surface area (Å²) in [6, 6.07) is 5.33. The van der Waals surface area contributed by atoms with Gasteiger partial charge in [0.15, 0.2) is 5.88 Å². The number of ether oxygens (including phenoxy) is 2. The first-order valence-corrected chi connectivity index (χ1v) is 8.44. The van der Waals surface area contributed by atoms with Gasteiger partial charge in [-0.2, -0.15) is 0 Å². The molecule has 2 aliphatic heterocycles. The lowest BCUT2D eigenvalue weighted by Gasteiger charge is -2.29. The van der Waals surface area contributed by atoms with Crippen molar-refractivity contribution in [2.75, 3.05) is 42.6 Å². The third-order valence-corrected chi connectivity index (χ3v) is 4.04. The monoisotopic (exact) mass is 322 g/mol. The minimum atomic E-state index is -0.206. The molecule has 2 aliphatic rings. The van der Waals surface area contributed by atoms with Crippen LogP contribution in [-0.2, 0) is 9.47 Å². The molecule has 0 N–H and O–H groups in total. The first kappa shape index (κ1) is 17.6. The van der Waals surface area contributed by atoms with E-state index in [-0.39, 0.29) is 11.9 Å². The molecule has 4 nitrogen and oxygen atoms in total. The van der Waals surface area contributed by atoms with Crippen molar-refractivity contribution in [3.63, 3.8) is 0 Å². The van der Waals surface area contributed by atoms with Gasteiger partial charge < -0.3 is 19.3 Å². The van der Waals surface area contributed by atoms with Gasteiger partial charge in [-0.25, -0.2) is 4.39 Å². The highest BCUT2D eigenvalue weighted by Crippen LogP contribution is 2.31. The van der Waals surface area contributed by atoms with Crippen LogP contribution in [0.3, 0.4) is 0 Å². The van der Waals surface area contributed by atoms with E-state index < -0.39 is 0 Å². The molecule has 0 aliphatic carbocycles. The molecule has 0 amide bonds.